The third-order valence-electron chi connectivity index (χ3n) is 4.06. The molecular weight excluding hydrogens is 494 g/mol. The normalized spacial score (nSPS) is 11.1. The molecule has 0 saturated carbocycles. The van der Waals surface area contributed by atoms with Crippen molar-refractivity contribution in [2.24, 2.45) is 10.2 Å². The summed E-state index contributed by atoms with van der Waals surface area (Å²) < 4.78 is 0. The van der Waals surface area contributed by atoms with Crippen LogP contribution in [0.2, 0.25) is 20.1 Å². The van der Waals surface area contributed by atoms with Gasteiger partial charge in [0, 0.05) is 11.1 Å². The molecule has 0 radical (unpaired) electrons. The fourth-order valence-electron chi connectivity index (χ4n) is 2.42. The van der Waals surface area contributed by atoms with Gasteiger partial charge in [-0.1, -0.05) is 58.5 Å². The quantitative estimate of drug-likeness (QED) is 0.325. The van der Waals surface area contributed by atoms with Crippen LogP contribution in [-0.4, -0.2) is 24.2 Å². The lowest BCUT2D eigenvalue weighted by Gasteiger charge is -2.03. The fraction of sp³-hybridized carbons (Fsp3) is 0. The van der Waals surface area contributed by atoms with Gasteiger partial charge in [0.25, 0.3) is 11.8 Å². The number of halogens is 4. The van der Waals surface area contributed by atoms with Crippen molar-refractivity contribution in [3.8, 4) is 0 Å². The zero-order valence-electron chi connectivity index (χ0n) is 16.2. The molecular formula is C22H14Cl4N4O2. The molecule has 6 nitrogen and oxygen atoms in total. The van der Waals surface area contributed by atoms with Gasteiger partial charge in [0.05, 0.1) is 32.5 Å². The van der Waals surface area contributed by atoms with Crippen molar-refractivity contribution in [1.82, 2.24) is 10.9 Å². The molecule has 0 spiro atoms. The Kier molecular flexibility index (Phi) is 8.25. The van der Waals surface area contributed by atoms with Crippen LogP contribution in [0.5, 0.6) is 0 Å². The SMILES string of the molecule is O=C(N/N=C/c1ccc(Cl)c(Cl)c1)c1ccc(C(=O)N/N=C/c2ccc(Cl)c(Cl)c2)cc1. The van der Waals surface area contributed by atoms with Crippen molar-refractivity contribution >= 4 is 70.6 Å². The monoisotopic (exact) mass is 506 g/mol. The van der Waals surface area contributed by atoms with Gasteiger partial charge in [-0.3, -0.25) is 9.59 Å². The molecule has 0 fully saturated rings. The van der Waals surface area contributed by atoms with Crippen LogP contribution >= 0.6 is 46.4 Å². The van der Waals surface area contributed by atoms with Crippen LogP contribution in [0.3, 0.4) is 0 Å². The Balaban J connectivity index is 1.55. The molecule has 0 atom stereocenters. The third kappa shape index (κ3) is 6.55. The minimum absolute atomic E-state index is 0.326. The summed E-state index contributed by atoms with van der Waals surface area (Å²) in [5.41, 5.74) is 6.80. The van der Waals surface area contributed by atoms with E-state index >= 15 is 0 Å². The predicted molar refractivity (Wildman–Crippen MR) is 129 cm³/mol. The number of rotatable bonds is 6. The van der Waals surface area contributed by atoms with Gasteiger partial charge in [-0.05, 0) is 59.7 Å². The van der Waals surface area contributed by atoms with Gasteiger partial charge in [-0.25, -0.2) is 10.9 Å². The second kappa shape index (κ2) is 11.1. The molecule has 3 aromatic carbocycles. The molecule has 0 aromatic heterocycles. The molecule has 32 heavy (non-hydrogen) atoms. The van der Waals surface area contributed by atoms with E-state index in [9.17, 15) is 9.59 Å². The summed E-state index contributed by atoms with van der Waals surface area (Å²) in [6.07, 6.45) is 2.88. The summed E-state index contributed by atoms with van der Waals surface area (Å²) in [7, 11) is 0. The maximum atomic E-state index is 12.2. The van der Waals surface area contributed by atoms with E-state index in [1.165, 1.54) is 36.7 Å². The summed E-state index contributed by atoms with van der Waals surface area (Å²) in [5, 5.41) is 9.40. The van der Waals surface area contributed by atoms with Gasteiger partial charge >= 0.3 is 0 Å². The highest BCUT2D eigenvalue weighted by Gasteiger charge is 2.08. The number of amides is 2. The first kappa shape index (κ1) is 23.8. The van der Waals surface area contributed by atoms with E-state index < -0.39 is 11.8 Å². The van der Waals surface area contributed by atoms with Gasteiger partial charge in [-0.15, -0.1) is 0 Å². The molecule has 3 aromatic rings. The van der Waals surface area contributed by atoms with E-state index in [0.717, 1.165) is 0 Å². The Labute approximate surface area is 203 Å². The minimum atomic E-state index is -0.439. The number of hydrazone groups is 2. The number of nitrogens with zero attached hydrogens (tertiary/aromatic N) is 2. The van der Waals surface area contributed by atoms with Crippen molar-refractivity contribution in [1.29, 1.82) is 0 Å². The lowest BCUT2D eigenvalue weighted by atomic mass is 10.1. The average Bonchev–Trinajstić information content (AvgIpc) is 2.78. The number of hydrogen-bond acceptors (Lipinski definition) is 4. The first-order valence-corrected chi connectivity index (χ1v) is 10.5. The average molecular weight is 508 g/mol. The minimum Gasteiger partial charge on any atom is -0.267 e. The largest absolute Gasteiger partial charge is 0.271 e. The molecule has 0 unspecified atom stereocenters. The topological polar surface area (TPSA) is 82.9 Å². The van der Waals surface area contributed by atoms with Crippen molar-refractivity contribution < 1.29 is 9.59 Å². The zero-order valence-corrected chi connectivity index (χ0v) is 19.2. The summed E-state index contributed by atoms with van der Waals surface area (Å²) in [6.45, 7) is 0. The lowest BCUT2D eigenvalue weighted by molar-refractivity contribution is 0.0943. The number of carbonyl (C=O) groups is 2. The number of nitrogens with one attached hydrogen (secondary N) is 2. The molecule has 2 amide bonds. The predicted octanol–water partition coefficient (Wildman–Crippen LogP) is 5.83. The Bertz CT molecular complexity index is 1120. The summed E-state index contributed by atoms with van der Waals surface area (Å²) >= 11 is 23.6. The van der Waals surface area contributed by atoms with Crippen LogP contribution in [0, 0.1) is 0 Å². The van der Waals surface area contributed by atoms with E-state index in [1.54, 1.807) is 36.4 Å². The van der Waals surface area contributed by atoms with Crippen LogP contribution in [0.4, 0.5) is 0 Å². The van der Waals surface area contributed by atoms with E-state index in [1.807, 2.05) is 0 Å². The number of benzene rings is 3. The van der Waals surface area contributed by atoms with Gasteiger partial charge in [-0.2, -0.15) is 10.2 Å². The van der Waals surface area contributed by atoms with Gasteiger partial charge in [0.2, 0.25) is 0 Å². The van der Waals surface area contributed by atoms with Crippen LogP contribution in [0.25, 0.3) is 0 Å². The van der Waals surface area contributed by atoms with E-state index in [2.05, 4.69) is 21.1 Å². The molecule has 10 heteroatoms. The van der Waals surface area contributed by atoms with Crippen molar-refractivity contribution in [3.05, 3.63) is 103 Å². The fourth-order valence-corrected chi connectivity index (χ4v) is 3.03. The number of carbonyl (C=O) groups excluding carboxylic acids is 2. The Hall–Kier alpha value is -2.90. The van der Waals surface area contributed by atoms with Crippen LogP contribution < -0.4 is 10.9 Å². The van der Waals surface area contributed by atoms with Gasteiger partial charge in [0.1, 0.15) is 0 Å². The smallest absolute Gasteiger partial charge is 0.267 e. The Morgan fingerprint density at radius 3 is 1.31 bits per heavy atom. The summed E-state index contributed by atoms with van der Waals surface area (Å²) in [4.78, 5) is 24.4. The maximum absolute atomic E-state index is 12.2. The molecule has 2 N–H and O–H groups in total. The van der Waals surface area contributed by atoms with Crippen molar-refractivity contribution in [2.75, 3.05) is 0 Å². The first-order chi connectivity index (χ1) is 15.3. The van der Waals surface area contributed by atoms with Crippen LogP contribution in [0.15, 0.2) is 70.9 Å². The summed E-state index contributed by atoms with van der Waals surface area (Å²) in [6, 6.07) is 15.9. The first-order valence-electron chi connectivity index (χ1n) is 9.00. The highest BCUT2D eigenvalue weighted by Crippen LogP contribution is 2.22. The van der Waals surface area contributed by atoms with Crippen LogP contribution in [0.1, 0.15) is 31.8 Å². The van der Waals surface area contributed by atoms with E-state index in [-0.39, 0.29) is 0 Å². The molecule has 162 valence electrons. The van der Waals surface area contributed by atoms with E-state index in [0.29, 0.717) is 42.3 Å². The van der Waals surface area contributed by atoms with Crippen molar-refractivity contribution in [3.63, 3.8) is 0 Å². The zero-order chi connectivity index (χ0) is 23.1. The van der Waals surface area contributed by atoms with Crippen LogP contribution in [-0.2, 0) is 0 Å². The molecule has 0 saturated heterocycles. The van der Waals surface area contributed by atoms with E-state index in [4.69, 9.17) is 46.4 Å². The highest BCUT2D eigenvalue weighted by atomic mass is 35.5. The van der Waals surface area contributed by atoms with Gasteiger partial charge in [0.15, 0.2) is 0 Å². The highest BCUT2D eigenvalue weighted by molar-refractivity contribution is 6.42. The Morgan fingerprint density at radius 2 is 0.969 bits per heavy atom. The lowest BCUT2D eigenvalue weighted by Crippen LogP contribution is -2.19. The summed E-state index contributed by atoms with van der Waals surface area (Å²) in [5.74, 6) is -0.878. The molecule has 0 aliphatic rings. The standard InChI is InChI=1S/C22H14Cl4N4O2/c23-17-7-1-13(9-19(17)25)11-27-29-21(31)15-3-5-16(6-4-15)22(32)30-28-12-14-2-8-18(24)20(26)10-14/h1-12H,(H,29,31)(H,30,32)/b27-11+,28-12+. The molecule has 0 bridgehead atoms. The maximum Gasteiger partial charge on any atom is 0.271 e. The van der Waals surface area contributed by atoms with Crippen molar-refractivity contribution in [2.45, 2.75) is 0 Å². The van der Waals surface area contributed by atoms with Gasteiger partial charge < -0.3 is 0 Å². The molecule has 0 aliphatic carbocycles. The third-order valence-corrected chi connectivity index (χ3v) is 5.53. The second-order valence-electron chi connectivity index (χ2n) is 6.32. The second-order valence-corrected chi connectivity index (χ2v) is 7.95. The molecule has 0 heterocycles. The molecule has 3 rings (SSSR count). The number of hydrogen-bond donors (Lipinski definition) is 2. The Morgan fingerprint density at radius 1 is 0.594 bits per heavy atom. The molecule has 0 aliphatic heterocycles.